The van der Waals surface area contributed by atoms with Crippen LogP contribution in [0.3, 0.4) is 0 Å². The summed E-state index contributed by atoms with van der Waals surface area (Å²) in [5.41, 5.74) is 1.42. The lowest BCUT2D eigenvalue weighted by Crippen LogP contribution is -2.21. The minimum Gasteiger partial charge on any atom is -0.272 e. The summed E-state index contributed by atoms with van der Waals surface area (Å²) in [6, 6.07) is 2.17. The molecule has 0 radical (unpaired) electrons. The fourth-order valence-corrected chi connectivity index (χ4v) is 2.60. The average molecular weight is 192 g/mol. The second-order valence-corrected chi connectivity index (χ2v) is 4.84. The SMILES string of the molecule is CC1CCC(c2ccnn2C)CC1C. The van der Waals surface area contributed by atoms with E-state index in [1.165, 1.54) is 25.0 Å². The summed E-state index contributed by atoms with van der Waals surface area (Å²) in [6.45, 7) is 4.76. The van der Waals surface area contributed by atoms with Crippen LogP contribution in [-0.2, 0) is 7.05 Å². The topological polar surface area (TPSA) is 17.8 Å². The highest BCUT2D eigenvalue weighted by Crippen LogP contribution is 2.38. The van der Waals surface area contributed by atoms with Gasteiger partial charge in [-0.3, -0.25) is 4.68 Å². The number of nitrogens with zero attached hydrogens (tertiary/aromatic N) is 2. The Bertz CT molecular complexity index is 303. The van der Waals surface area contributed by atoms with Gasteiger partial charge in [0.15, 0.2) is 0 Å². The van der Waals surface area contributed by atoms with Crippen molar-refractivity contribution in [1.29, 1.82) is 0 Å². The first-order chi connectivity index (χ1) is 6.68. The molecule has 1 aliphatic rings. The second-order valence-electron chi connectivity index (χ2n) is 4.84. The summed E-state index contributed by atoms with van der Waals surface area (Å²) in [4.78, 5) is 0. The van der Waals surface area contributed by atoms with E-state index in [2.05, 4.69) is 32.1 Å². The zero-order valence-corrected chi connectivity index (χ0v) is 9.40. The Morgan fingerprint density at radius 3 is 2.64 bits per heavy atom. The first kappa shape index (κ1) is 9.75. The molecule has 3 unspecified atom stereocenters. The molecule has 1 fully saturated rings. The molecular weight excluding hydrogens is 172 g/mol. The predicted molar refractivity (Wildman–Crippen MR) is 58.1 cm³/mol. The van der Waals surface area contributed by atoms with Gasteiger partial charge in [-0.2, -0.15) is 5.10 Å². The number of rotatable bonds is 1. The van der Waals surface area contributed by atoms with E-state index in [0.717, 1.165) is 17.8 Å². The van der Waals surface area contributed by atoms with Crippen molar-refractivity contribution in [3.8, 4) is 0 Å². The van der Waals surface area contributed by atoms with E-state index < -0.39 is 0 Å². The van der Waals surface area contributed by atoms with Gasteiger partial charge in [-0.15, -0.1) is 0 Å². The van der Waals surface area contributed by atoms with Crippen molar-refractivity contribution in [2.45, 2.75) is 39.0 Å². The molecule has 1 heterocycles. The van der Waals surface area contributed by atoms with E-state index in [0.29, 0.717) is 0 Å². The molecule has 0 spiro atoms. The van der Waals surface area contributed by atoms with Crippen molar-refractivity contribution in [3.05, 3.63) is 18.0 Å². The largest absolute Gasteiger partial charge is 0.272 e. The molecule has 1 saturated carbocycles. The van der Waals surface area contributed by atoms with Gasteiger partial charge in [-0.05, 0) is 37.2 Å². The molecule has 1 aliphatic carbocycles. The third kappa shape index (κ3) is 1.70. The molecule has 2 rings (SSSR count). The van der Waals surface area contributed by atoms with E-state index >= 15 is 0 Å². The quantitative estimate of drug-likeness (QED) is 0.669. The van der Waals surface area contributed by atoms with Gasteiger partial charge in [-0.25, -0.2) is 0 Å². The summed E-state index contributed by atoms with van der Waals surface area (Å²) >= 11 is 0. The van der Waals surface area contributed by atoms with E-state index in [9.17, 15) is 0 Å². The standard InChI is InChI=1S/C12H20N2/c1-9-4-5-11(8-10(9)2)12-6-7-13-14(12)3/h6-7,9-11H,4-5,8H2,1-3H3. The molecule has 1 aromatic rings. The first-order valence-corrected chi connectivity index (χ1v) is 5.66. The van der Waals surface area contributed by atoms with Gasteiger partial charge >= 0.3 is 0 Å². The van der Waals surface area contributed by atoms with Gasteiger partial charge in [0.05, 0.1) is 0 Å². The summed E-state index contributed by atoms with van der Waals surface area (Å²) in [5, 5.41) is 4.25. The maximum atomic E-state index is 4.25. The van der Waals surface area contributed by atoms with Gasteiger partial charge in [0.1, 0.15) is 0 Å². The summed E-state index contributed by atoms with van der Waals surface area (Å²) in [6.07, 6.45) is 5.96. The van der Waals surface area contributed by atoms with Crippen LogP contribution in [0, 0.1) is 11.8 Å². The highest BCUT2D eigenvalue weighted by atomic mass is 15.3. The van der Waals surface area contributed by atoms with Crippen LogP contribution in [0.1, 0.15) is 44.7 Å². The minimum absolute atomic E-state index is 0.744. The maximum Gasteiger partial charge on any atom is 0.0492 e. The van der Waals surface area contributed by atoms with E-state index in [1.54, 1.807) is 0 Å². The fourth-order valence-electron chi connectivity index (χ4n) is 2.60. The van der Waals surface area contributed by atoms with Crippen LogP contribution in [-0.4, -0.2) is 9.78 Å². The van der Waals surface area contributed by atoms with Crippen LogP contribution >= 0.6 is 0 Å². The zero-order chi connectivity index (χ0) is 10.1. The number of hydrogen-bond donors (Lipinski definition) is 0. The van der Waals surface area contributed by atoms with Crippen LogP contribution in [0.25, 0.3) is 0 Å². The van der Waals surface area contributed by atoms with Crippen LogP contribution < -0.4 is 0 Å². The lowest BCUT2D eigenvalue weighted by atomic mass is 9.75. The molecule has 2 heteroatoms. The average Bonchev–Trinajstić information content (AvgIpc) is 2.57. The normalized spacial score (nSPS) is 33.2. The number of aryl methyl sites for hydroxylation is 1. The Kier molecular flexibility index (Phi) is 2.62. The zero-order valence-electron chi connectivity index (χ0n) is 9.40. The molecule has 3 atom stereocenters. The Morgan fingerprint density at radius 2 is 2.07 bits per heavy atom. The van der Waals surface area contributed by atoms with Crippen LogP contribution in [0.2, 0.25) is 0 Å². The summed E-state index contributed by atoms with van der Waals surface area (Å²) < 4.78 is 2.04. The van der Waals surface area contributed by atoms with E-state index in [4.69, 9.17) is 0 Å². The van der Waals surface area contributed by atoms with Crippen LogP contribution in [0.4, 0.5) is 0 Å². The van der Waals surface area contributed by atoms with Crippen molar-refractivity contribution in [2.24, 2.45) is 18.9 Å². The molecule has 0 saturated heterocycles. The van der Waals surface area contributed by atoms with Gasteiger partial charge in [-0.1, -0.05) is 13.8 Å². The van der Waals surface area contributed by atoms with E-state index in [-0.39, 0.29) is 0 Å². The smallest absolute Gasteiger partial charge is 0.0492 e. The van der Waals surface area contributed by atoms with Crippen LogP contribution in [0.15, 0.2) is 12.3 Å². The third-order valence-corrected chi connectivity index (χ3v) is 3.88. The summed E-state index contributed by atoms with van der Waals surface area (Å²) in [7, 11) is 2.05. The molecule has 78 valence electrons. The molecule has 14 heavy (non-hydrogen) atoms. The van der Waals surface area contributed by atoms with Gasteiger partial charge in [0.25, 0.3) is 0 Å². The van der Waals surface area contributed by atoms with Crippen molar-refractivity contribution < 1.29 is 0 Å². The maximum absolute atomic E-state index is 4.25. The minimum atomic E-state index is 0.744. The van der Waals surface area contributed by atoms with Crippen molar-refractivity contribution in [2.75, 3.05) is 0 Å². The highest BCUT2D eigenvalue weighted by Gasteiger charge is 2.26. The first-order valence-electron chi connectivity index (χ1n) is 5.66. The molecule has 2 nitrogen and oxygen atoms in total. The summed E-state index contributed by atoms with van der Waals surface area (Å²) in [5.74, 6) is 2.51. The lowest BCUT2D eigenvalue weighted by Gasteiger charge is -2.32. The van der Waals surface area contributed by atoms with Gasteiger partial charge < -0.3 is 0 Å². The van der Waals surface area contributed by atoms with Crippen LogP contribution in [0.5, 0.6) is 0 Å². The molecule has 0 aromatic carbocycles. The van der Waals surface area contributed by atoms with Gasteiger partial charge in [0.2, 0.25) is 0 Å². The van der Waals surface area contributed by atoms with Gasteiger partial charge in [0, 0.05) is 24.9 Å². The molecule has 0 aliphatic heterocycles. The monoisotopic (exact) mass is 192 g/mol. The molecule has 0 N–H and O–H groups in total. The molecule has 0 bridgehead atoms. The third-order valence-electron chi connectivity index (χ3n) is 3.88. The second kappa shape index (κ2) is 3.76. The fraction of sp³-hybridized carbons (Fsp3) is 0.750. The molecular formula is C12H20N2. The Labute approximate surface area is 86.3 Å². The van der Waals surface area contributed by atoms with Crippen molar-refractivity contribution in [3.63, 3.8) is 0 Å². The van der Waals surface area contributed by atoms with Crippen molar-refractivity contribution in [1.82, 2.24) is 9.78 Å². The Balaban J connectivity index is 2.10. The molecule has 1 aromatic heterocycles. The van der Waals surface area contributed by atoms with E-state index in [1.807, 2.05) is 10.9 Å². The highest BCUT2D eigenvalue weighted by molar-refractivity contribution is 5.09. The Morgan fingerprint density at radius 1 is 1.29 bits per heavy atom. The predicted octanol–water partition coefficient (Wildman–Crippen LogP) is 2.96. The lowest BCUT2D eigenvalue weighted by molar-refractivity contribution is 0.245. The van der Waals surface area contributed by atoms with Crippen molar-refractivity contribution >= 4 is 0 Å². The molecule has 0 amide bonds. The number of hydrogen-bond acceptors (Lipinski definition) is 1. The number of aromatic nitrogens is 2. The Hall–Kier alpha value is -0.790.